The Labute approximate surface area is 98.7 Å². The van der Waals surface area contributed by atoms with E-state index in [4.69, 9.17) is 13.3 Å². The molecule has 16 heavy (non-hydrogen) atoms. The molecule has 4 heteroatoms. The molecule has 0 aliphatic heterocycles. The van der Waals surface area contributed by atoms with E-state index in [1.165, 1.54) is 5.56 Å². The van der Waals surface area contributed by atoms with Crippen LogP contribution in [0.25, 0.3) is 0 Å². The fourth-order valence-electron chi connectivity index (χ4n) is 1.62. The molecule has 0 atom stereocenters. The molecule has 0 aliphatic rings. The molecule has 0 amide bonds. The Morgan fingerprint density at radius 1 is 1.00 bits per heavy atom. The molecule has 0 fully saturated rings. The van der Waals surface area contributed by atoms with E-state index in [1.807, 2.05) is 32.0 Å². The van der Waals surface area contributed by atoms with Crippen LogP contribution in [0.1, 0.15) is 19.4 Å². The van der Waals surface area contributed by atoms with Gasteiger partial charge in [-0.05, 0) is 19.4 Å². The average molecular weight is 240 g/mol. The summed E-state index contributed by atoms with van der Waals surface area (Å²) in [6.45, 7) is 5.16. The van der Waals surface area contributed by atoms with E-state index in [0.29, 0.717) is 13.2 Å². The SMILES string of the molecule is CCO[Si](Cc1ccccc1)(OC)OCC. The van der Waals surface area contributed by atoms with Gasteiger partial charge in [0.25, 0.3) is 0 Å². The van der Waals surface area contributed by atoms with Crippen molar-refractivity contribution in [2.45, 2.75) is 19.9 Å². The maximum atomic E-state index is 5.72. The molecule has 0 saturated carbocycles. The standard InChI is InChI=1S/C12H20O3Si/c1-4-14-16(13-3,15-5-2)11-12-9-7-6-8-10-12/h6-10H,4-5,11H2,1-3H3. The van der Waals surface area contributed by atoms with Gasteiger partial charge < -0.3 is 13.3 Å². The highest BCUT2D eigenvalue weighted by molar-refractivity contribution is 6.60. The van der Waals surface area contributed by atoms with Gasteiger partial charge in [-0.1, -0.05) is 30.3 Å². The van der Waals surface area contributed by atoms with Crippen molar-refractivity contribution in [3.05, 3.63) is 35.9 Å². The molecule has 3 nitrogen and oxygen atoms in total. The minimum Gasteiger partial charge on any atom is -0.377 e. The van der Waals surface area contributed by atoms with Crippen LogP contribution in [0.15, 0.2) is 30.3 Å². The largest absolute Gasteiger partial charge is 0.505 e. The molecule has 0 aliphatic carbocycles. The first-order valence-corrected chi connectivity index (χ1v) is 7.56. The predicted octanol–water partition coefficient (Wildman–Crippen LogP) is 2.43. The second kappa shape index (κ2) is 6.80. The quantitative estimate of drug-likeness (QED) is 0.685. The Morgan fingerprint density at radius 2 is 1.56 bits per heavy atom. The molecule has 0 bridgehead atoms. The number of benzene rings is 1. The molecule has 0 saturated heterocycles. The first-order valence-electron chi connectivity index (χ1n) is 5.63. The second-order valence-electron chi connectivity index (χ2n) is 3.42. The summed E-state index contributed by atoms with van der Waals surface area (Å²) in [7, 11) is -0.843. The molecule has 1 aromatic rings. The average Bonchev–Trinajstić information content (AvgIpc) is 2.31. The minimum atomic E-state index is -2.51. The molecular formula is C12H20O3Si. The fourth-order valence-corrected chi connectivity index (χ4v) is 3.90. The van der Waals surface area contributed by atoms with Crippen LogP contribution in [-0.4, -0.2) is 29.1 Å². The van der Waals surface area contributed by atoms with Crippen molar-refractivity contribution in [2.24, 2.45) is 0 Å². The van der Waals surface area contributed by atoms with Crippen molar-refractivity contribution in [2.75, 3.05) is 20.3 Å². The van der Waals surface area contributed by atoms with E-state index in [9.17, 15) is 0 Å². The third-order valence-electron chi connectivity index (χ3n) is 2.30. The van der Waals surface area contributed by atoms with Crippen molar-refractivity contribution in [3.63, 3.8) is 0 Å². The van der Waals surface area contributed by atoms with E-state index in [2.05, 4.69) is 12.1 Å². The molecule has 0 spiro atoms. The van der Waals surface area contributed by atoms with E-state index < -0.39 is 8.80 Å². The maximum Gasteiger partial charge on any atom is 0.505 e. The minimum absolute atomic E-state index is 0.618. The Morgan fingerprint density at radius 3 is 2.00 bits per heavy atom. The third kappa shape index (κ3) is 3.72. The summed E-state index contributed by atoms with van der Waals surface area (Å²) in [4.78, 5) is 0. The van der Waals surface area contributed by atoms with Crippen molar-refractivity contribution in [3.8, 4) is 0 Å². The molecule has 90 valence electrons. The van der Waals surface area contributed by atoms with Crippen LogP contribution in [-0.2, 0) is 19.3 Å². The van der Waals surface area contributed by atoms with Gasteiger partial charge in [-0.15, -0.1) is 0 Å². The Hall–Kier alpha value is -0.683. The lowest BCUT2D eigenvalue weighted by Crippen LogP contribution is -2.47. The summed E-state index contributed by atoms with van der Waals surface area (Å²) in [6, 6.07) is 10.9. The molecule has 0 N–H and O–H groups in total. The van der Waals surface area contributed by atoms with Crippen molar-refractivity contribution >= 4 is 8.80 Å². The summed E-state index contributed by atoms with van der Waals surface area (Å²) in [5.74, 6) is 0. The van der Waals surface area contributed by atoms with Crippen molar-refractivity contribution in [1.82, 2.24) is 0 Å². The van der Waals surface area contributed by atoms with Crippen LogP contribution < -0.4 is 0 Å². The number of hydrogen-bond donors (Lipinski definition) is 0. The van der Waals surface area contributed by atoms with Gasteiger partial charge in [0.05, 0.1) is 0 Å². The molecule has 1 aromatic carbocycles. The molecule has 1 rings (SSSR count). The van der Waals surface area contributed by atoms with Crippen LogP contribution >= 0.6 is 0 Å². The zero-order valence-corrected chi connectivity index (χ0v) is 11.2. The van der Waals surface area contributed by atoms with Gasteiger partial charge in [0, 0.05) is 26.4 Å². The Kier molecular flexibility index (Phi) is 5.69. The topological polar surface area (TPSA) is 27.7 Å². The van der Waals surface area contributed by atoms with E-state index >= 15 is 0 Å². The van der Waals surface area contributed by atoms with Gasteiger partial charge in [-0.3, -0.25) is 0 Å². The van der Waals surface area contributed by atoms with E-state index in [-0.39, 0.29) is 0 Å². The lowest BCUT2D eigenvalue weighted by atomic mass is 10.2. The first kappa shape index (κ1) is 13.4. The second-order valence-corrected chi connectivity index (χ2v) is 6.12. The predicted molar refractivity (Wildman–Crippen MR) is 66.2 cm³/mol. The maximum absolute atomic E-state index is 5.72. The van der Waals surface area contributed by atoms with Gasteiger partial charge >= 0.3 is 8.80 Å². The van der Waals surface area contributed by atoms with Crippen LogP contribution in [0.4, 0.5) is 0 Å². The van der Waals surface area contributed by atoms with Crippen molar-refractivity contribution in [1.29, 1.82) is 0 Å². The molecule has 0 heterocycles. The van der Waals surface area contributed by atoms with Gasteiger partial charge in [0.1, 0.15) is 0 Å². The van der Waals surface area contributed by atoms with Crippen molar-refractivity contribution < 1.29 is 13.3 Å². The van der Waals surface area contributed by atoms with Crippen LogP contribution in [0.2, 0.25) is 0 Å². The number of rotatable bonds is 7. The molecular weight excluding hydrogens is 220 g/mol. The zero-order valence-electron chi connectivity index (χ0n) is 10.2. The highest BCUT2D eigenvalue weighted by Gasteiger charge is 2.39. The first-order chi connectivity index (χ1) is 7.76. The third-order valence-corrected chi connectivity index (χ3v) is 5.22. The summed E-state index contributed by atoms with van der Waals surface area (Å²) in [5.41, 5.74) is 1.19. The molecule has 0 unspecified atom stereocenters. The zero-order chi connectivity index (χ0) is 11.9. The summed E-state index contributed by atoms with van der Waals surface area (Å²) >= 11 is 0. The molecule has 0 radical (unpaired) electrons. The summed E-state index contributed by atoms with van der Waals surface area (Å²) in [5, 5.41) is 0. The monoisotopic (exact) mass is 240 g/mol. The lowest BCUT2D eigenvalue weighted by molar-refractivity contribution is 0.0857. The Bertz CT molecular complexity index is 284. The van der Waals surface area contributed by atoms with Crippen LogP contribution in [0.3, 0.4) is 0 Å². The summed E-state index contributed by atoms with van der Waals surface area (Å²) in [6.07, 6.45) is 0. The smallest absolute Gasteiger partial charge is 0.377 e. The summed E-state index contributed by atoms with van der Waals surface area (Å²) < 4.78 is 17.0. The Balaban J connectivity index is 2.76. The van der Waals surface area contributed by atoms with Gasteiger partial charge in [0.2, 0.25) is 0 Å². The van der Waals surface area contributed by atoms with E-state index in [0.717, 1.165) is 6.04 Å². The van der Waals surface area contributed by atoms with Gasteiger partial charge in [-0.2, -0.15) is 0 Å². The normalized spacial score (nSPS) is 11.7. The van der Waals surface area contributed by atoms with E-state index in [1.54, 1.807) is 7.11 Å². The van der Waals surface area contributed by atoms with Gasteiger partial charge in [0.15, 0.2) is 0 Å². The highest BCUT2D eigenvalue weighted by Crippen LogP contribution is 2.15. The van der Waals surface area contributed by atoms with Gasteiger partial charge in [-0.25, -0.2) is 0 Å². The van der Waals surface area contributed by atoms with Crippen LogP contribution in [0, 0.1) is 0 Å². The number of hydrogen-bond acceptors (Lipinski definition) is 3. The fraction of sp³-hybridized carbons (Fsp3) is 0.500. The van der Waals surface area contributed by atoms with Crippen LogP contribution in [0.5, 0.6) is 0 Å². The molecule has 0 aromatic heterocycles. The highest BCUT2D eigenvalue weighted by atomic mass is 28.4. The lowest BCUT2D eigenvalue weighted by Gasteiger charge is -2.27.